The van der Waals surface area contributed by atoms with Crippen molar-refractivity contribution >= 4 is 26.7 Å². The van der Waals surface area contributed by atoms with Crippen molar-refractivity contribution in [2.45, 2.75) is 5.75 Å². The molecular formula is C11H13BrFNOS. The molecule has 0 saturated carbocycles. The fourth-order valence-corrected chi connectivity index (χ4v) is 3.46. The van der Waals surface area contributed by atoms with Crippen molar-refractivity contribution in [1.29, 1.82) is 0 Å². The minimum atomic E-state index is -0.848. The van der Waals surface area contributed by atoms with Crippen molar-refractivity contribution < 1.29 is 8.60 Å². The predicted octanol–water partition coefficient (Wildman–Crippen LogP) is 2.06. The molecule has 0 aromatic heterocycles. The number of halogens is 2. The van der Waals surface area contributed by atoms with Gasteiger partial charge in [0, 0.05) is 35.4 Å². The van der Waals surface area contributed by atoms with Crippen LogP contribution < -0.4 is 5.32 Å². The van der Waals surface area contributed by atoms with Gasteiger partial charge in [-0.05, 0) is 39.5 Å². The summed E-state index contributed by atoms with van der Waals surface area (Å²) in [5, 5.41) is 3.16. The Kier molecular flexibility index (Phi) is 4.10. The first kappa shape index (κ1) is 12.2. The zero-order chi connectivity index (χ0) is 11.5. The number of benzene rings is 1. The van der Waals surface area contributed by atoms with Crippen LogP contribution in [0.2, 0.25) is 0 Å². The highest BCUT2D eigenvalue weighted by molar-refractivity contribution is 9.10. The van der Waals surface area contributed by atoms with E-state index in [0.29, 0.717) is 16.1 Å². The Morgan fingerprint density at radius 2 is 2.25 bits per heavy atom. The highest BCUT2D eigenvalue weighted by Gasteiger charge is 2.19. The van der Waals surface area contributed by atoms with Gasteiger partial charge in [-0.25, -0.2) is 4.39 Å². The van der Waals surface area contributed by atoms with Crippen LogP contribution in [0.3, 0.4) is 0 Å². The van der Waals surface area contributed by atoms with Crippen molar-refractivity contribution in [3.63, 3.8) is 0 Å². The Hall–Kier alpha value is -0.260. The smallest absolute Gasteiger partial charge is 0.137 e. The molecule has 1 aromatic carbocycles. The fourth-order valence-electron chi connectivity index (χ4n) is 1.60. The van der Waals surface area contributed by atoms with Gasteiger partial charge in [-0.3, -0.25) is 4.21 Å². The molecule has 1 saturated heterocycles. The van der Waals surface area contributed by atoms with Gasteiger partial charge in [-0.2, -0.15) is 0 Å². The third-order valence-corrected chi connectivity index (χ3v) is 4.71. The summed E-state index contributed by atoms with van der Waals surface area (Å²) >= 11 is 3.13. The highest BCUT2D eigenvalue weighted by atomic mass is 79.9. The first-order chi connectivity index (χ1) is 7.65. The monoisotopic (exact) mass is 305 g/mol. The molecule has 1 aliphatic heterocycles. The van der Waals surface area contributed by atoms with E-state index < -0.39 is 10.8 Å². The van der Waals surface area contributed by atoms with E-state index in [4.69, 9.17) is 0 Å². The molecule has 1 N–H and O–H groups in total. The first-order valence-corrected chi connectivity index (χ1v) is 7.43. The van der Waals surface area contributed by atoms with Crippen molar-refractivity contribution in [2.75, 3.05) is 18.8 Å². The quantitative estimate of drug-likeness (QED) is 0.922. The maximum Gasteiger partial charge on any atom is 0.137 e. The SMILES string of the molecule is O=S(Cc1ccc(F)c(Br)c1)CC1CNC1. The molecule has 88 valence electrons. The number of nitrogens with one attached hydrogen (secondary N) is 1. The summed E-state index contributed by atoms with van der Waals surface area (Å²) in [5.74, 6) is 1.51. The second-order valence-corrected chi connectivity index (χ2v) is 6.38. The lowest BCUT2D eigenvalue weighted by molar-refractivity contribution is 0.382. The van der Waals surface area contributed by atoms with Gasteiger partial charge in [-0.15, -0.1) is 0 Å². The van der Waals surface area contributed by atoms with E-state index in [9.17, 15) is 8.60 Å². The summed E-state index contributed by atoms with van der Waals surface area (Å²) in [4.78, 5) is 0. The van der Waals surface area contributed by atoms with E-state index in [2.05, 4.69) is 21.2 Å². The van der Waals surface area contributed by atoms with E-state index in [1.807, 2.05) is 0 Å². The van der Waals surface area contributed by atoms with Gasteiger partial charge in [0.05, 0.1) is 4.47 Å². The molecule has 16 heavy (non-hydrogen) atoms. The van der Waals surface area contributed by atoms with E-state index in [0.717, 1.165) is 24.4 Å². The molecule has 1 heterocycles. The minimum Gasteiger partial charge on any atom is -0.316 e. The number of rotatable bonds is 4. The second-order valence-electron chi connectivity index (χ2n) is 4.02. The molecule has 0 radical (unpaired) electrons. The van der Waals surface area contributed by atoms with Gasteiger partial charge >= 0.3 is 0 Å². The van der Waals surface area contributed by atoms with Gasteiger partial charge in [-0.1, -0.05) is 6.07 Å². The topological polar surface area (TPSA) is 29.1 Å². The van der Waals surface area contributed by atoms with E-state index >= 15 is 0 Å². The highest BCUT2D eigenvalue weighted by Crippen LogP contribution is 2.18. The minimum absolute atomic E-state index is 0.280. The van der Waals surface area contributed by atoms with Gasteiger partial charge in [0.1, 0.15) is 5.82 Å². The summed E-state index contributed by atoms with van der Waals surface area (Å²) in [6.07, 6.45) is 0. The third kappa shape index (κ3) is 3.12. The lowest BCUT2D eigenvalue weighted by Gasteiger charge is -2.26. The van der Waals surface area contributed by atoms with Gasteiger partial charge in [0.15, 0.2) is 0 Å². The summed E-state index contributed by atoms with van der Waals surface area (Å²) < 4.78 is 25.2. The zero-order valence-electron chi connectivity index (χ0n) is 8.71. The van der Waals surface area contributed by atoms with Crippen molar-refractivity contribution in [1.82, 2.24) is 5.32 Å². The molecule has 1 unspecified atom stereocenters. The molecular weight excluding hydrogens is 293 g/mol. The Labute approximate surface area is 105 Å². The maximum atomic E-state index is 13.0. The summed E-state index contributed by atoms with van der Waals surface area (Å²) in [6.45, 7) is 1.94. The van der Waals surface area contributed by atoms with Gasteiger partial charge in [0.25, 0.3) is 0 Å². The summed E-state index contributed by atoms with van der Waals surface area (Å²) in [5.41, 5.74) is 0.916. The van der Waals surface area contributed by atoms with E-state index in [1.165, 1.54) is 6.07 Å². The fraction of sp³-hybridized carbons (Fsp3) is 0.455. The van der Waals surface area contributed by atoms with Crippen LogP contribution in [-0.2, 0) is 16.6 Å². The van der Waals surface area contributed by atoms with Crippen LogP contribution >= 0.6 is 15.9 Å². The largest absolute Gasteiger partial charge is 0.316 e. The standard InChI is InChI=1S/C11H13BrFNOS/c12-10-3-8(1-2-11(10)13)6-16(15)7-9-4-14-5-9/h1-3,9,14H,4-7H2. The van der Waals surface area contributed by atoms with Gasteiger partial charge < -0.3 is 5.32 Å². The molecule has 0 bridgehead atoms. The molecule has 1 aromatic rings. The molecule has 2 rings (SSSR count). The van der Waals surface area contributed by atoms with Crippen LogP contribution in [0.15, 0.2) is 22.7 Å². The van der Waals surface area contributed by atoms with Crippen LogP contribution in [0.25, 0.3) is 0 Å². The molecule has 2 nitrogen and oxygen atoms in total. The van der Waals surface area contributed by atoms with Crippen molar-refractivity contribution in [2.24, 2.45) is 5.92 Å². The lowest BCUT2D eigenvalue weighted by atomic mass is 10.1. The average molecular weight is 306 g/mol. The van der Waals surface area contributed by atoms with Crippen LogP contribution in [-0.4, -0.2) is 23.1 Å². The number of hydrogen-bond acceptors (Lipinski definition) is 2. The van der Waals surface area contributed by atoms with Crippen LogP contribution in [0.4, 0.5) is 4.39 Å². The predicted molar refractivity (Wildman–Crippen MR) is 67.2 cm³/mol. The average Bonchev–Trinajstić information content (AvgIpc) is 2.18. The number of hydrogen-bond donors (Lipinski definition) is 1. The lowest BCUT2D eigenvalue weighted by Crippen LogP contribution is -2.44. The Morgan fingerprint density at radius 1 is 1.50 bits per heavy atom. The van der Waals surface area contributed by atoms with Crippen LogP contribution in [0, 0.1) is 11.7 Å². The Balaban J connectivity index is 1.92. The third-order valence-electron chi connectivity index (χ3n) is 2.60. The molecule has 1 atom stereocenters. The molecule has 1 aliphatic rings. The Bertz CT molecular complexity index is 409. The molecule has 0 aliphatic carbocycles. The molecule has 1 fully saturated rings. The summed E-state index contributed by atoms with van der Waals surface area (Å²) in [6, 6.07) is 4.80. The van der Waals surface area contributed by atoms with Crippen LogP contribution in [0.1, 0.15) is 5.56 Å². The zero-order valence-corrected chi connectivity index (χ0v) is 11.1. The molecule has 5 heteroatoms. The van der Waals surface area contributed by atoms with Crippen LogP contribution in [0.5, 0.6) is 0 Å². The first-order valence-electron chi connectivity index (χ1n) is 5.15. The van der Waals surface area contributed by atoms with E-state index in [1.54, 1.807) is 12.1 Å². The Morgan fingerprint density at radius 3 is 2.81 bits per heavy atom. The molecule has 0 spiro atoms. The maximum absolute atomic E-state index is 13.0. The van der Waals surface area contributed by atoms with Crippen molar-refractivity contribution in [3.8, 4) is 0 Å². The summed E-state index contributed by atoms with van der Waals surface area (Å²) in [7, 11) is -0.848. The van der Waals surface area contributed by atoms with Gasteiger partial charge in [0.2, 0.25) is 0 Å². The van der Waals surface area contributed by atoms with E-state index in [-0.39, 0.29) is 5.82 Å². The second kappa shape index (κ2) is 5.38. The van der Waals surface area contributed by atoms with Crippen molar-refractivity contribution in [3.05, 3.63) is 34.1 Å². The molecule has 0 amide bonds. The normalized spacial score (nSPS) is 18.1.